The number of nitrogens with one attached hydrogen (secondary N) is 1. The molecule has 1 aromatic carbocycles. The molecule has 1 atom stereocenters. The number of hydrogen-bond donors (Lipinski definition) is 2. The molecule has 0 bridgehead atoms. The zero-order valence-corrected chi connectivity index (χ0v) is 11.8. The zero-order valence-electron chi connectivity index (χ0n) is 11.8. The number of hydrogen-bond acceptors (Lipinski definition) is 4. The lowest BCUT2D eigenvalue weighted by atomic mass is 10.0. The van der Waals surface area contributed by atoms with E-state index >= 15 is 0 Å². The highest BCUT2D eigenvalue weighted by atomic mass is 19.1. The van der Waals surface area contributed by atoms with Gasteiger partial charge in [0.2, 0.25) is 0 Å². The Morgan fingerprint density at radius 2 is 2.25 bits per heavy atom. The van der Waals surface area contributed by atoms with Crippen LogP contribution in [0.4, 0.5) is 4.39 Å². The molecule has 0 fully saturated rings. The van der Waals surface area contributed by atoms with Crippen LogP contribution >= 0.6 is 0 Å². The van der Waals surface area contributed by atoms with E-state index in [-0.39, 0.29) is 11.9 Å². The lowest BCUT2D eigenvalue weighted by molar-refractivity contribution is 0.498. The van der Waals surface area contributed by atoms with Crippen molar-refractivity contribution < 1.29 is 4.39 Å². The van der Waals surface area contributed by atoms with Crippen molar-refractivity contribution in [1.29, 1.82) is 0 Å². The van der Waals surface area contributed by atoms with E-state index in [9.17, 15) is 4.39 Å². The van der Waals surface area contributed by atoms with Crippen LogP contribution in [0.25, 0.3) is 0 Å². The number of rotatable bonds is 6. The molecule has 0 amide bonds. The summed E-state index contributed by atoms with van der Waals surface area (Å²) in [5, 5.41) is 4.20. The Labute approximate surface area is 118 Å². The molecule has 0 aliphatic rings. The highest BCUT2D eigenvalue weighted by Gasteiger charge is 2.15. The molecule has 2 rings (SSSR count). The van der Waals surface area contributed by atoms with Crippen LogP contribution in [0.3, 0.4) is 0 Å². The normalized spacial score (nSPS) is 12.6. The van der Waals surface area contributed by atoms with Gasteiger partial charge in [-0.15, -0.1) is 0 Å². The van der Waals surface area contributed by atoms with Crippen molar-refractivity contribution in [1.82, 2.24) is 20.2 Å². The molecule has 3 N–H and O–H groups in total. The van der Waals surface area contributed by atoms with Crippen molar-refractivity contribution in [2.45, 2.75) is 39.3 Å². The summed E-state index contributed by atoms with van der Waals surface area (Å²) in [5.41, 5.74) is 4.32. The Balaban J connectivity index is 2.19. The molecule has 0 aliphatic carbocycles. The van der Waals surface area contributed by atoms with Crippen LogP contribution in [-0.4, -0.2) is 14.8 Å². The summed E-state index contributed by atoms with van der Waals surface area (Å²) in [5.74, 6) is 6.29. The van der Waals surface area contributed by atoms with Gasteiger partial charge in [0.25, 0.3) is 0 Å². The number of nitrogens with two attached hydrogens (primary N) is 1. The summed E-state index contributed by atoms with van der Waals surface area (Å²) in [6.45, 7) is 4.66. The van der Waals surface area contributed by atoms with Gasteiger partial charge in [-0.05, 0) is 30.5 Å². The first-order valence-electron chi connectivity index (χ1n) is 6.74. The minimum atomic E-state index is -0.210. The quantitative estimate of drug-likeness (QED) is 0.625. The SMILES string of the molecule is CCCn1ncnc1CC(NN)c1ccc(F)c(C)c1. The monoisotopic (exact) mass is 277 g/mol. The van der Waals surface area contributed by atoms with Crippen molar-refractivity contribution in [3.8, 4) is 0 Å². The van der Waals surface area contributed by atoms with Gasteiger partial charge in [0, 0.05) is 13.0 Å². The van der Waals surface area contributed by atoms with Crippen LogP contribution in [0.15, 0.2) is 24.5 Å². The van der Waals surface area contributed by atoms with E-state index in [1.54, 1.807) is 25.4 Å². The molecule has 0 saturated carbocycles. The van der Waals surface area contributed by atoms with Gasteiger partial charge in [-0.2, -0.15) is 5.10 Å². The second-order valence-electron chi connectivity index (χ2n) is 4.83. The first kappa shape index (κ1) is 14.6. The fourth-order valence-corrected chi connectivity index (χ4v) is 2.18. The molecular weight excluding hydrogens is 257 g/mol. The molecule has 1 unspecified atom stereocenters. The number of aryl methyl sites for hydroxylation is 2. The third-order valence-electron chi connectivity index (χ3n) is 3.30. The molecular formula is C14H20FN5. The molecule has 0 aliphatic heterocycles. The Morgan fingerprint density at radius 3 is 2.90 bits per heavy atom. The van der Waals surface area contributed by atoms with Crippen LogP contribution in [0.1, 0.15) is 36.3 Å². The maximum absolute atomic E-state index is 13.3. The minimum absolute atomic E-state index is 0.117. The van der Waals surface area contributed by atoms with Crippen LogP contribution in [0.5, 0.6) is 0 Å². The second-order valence-corrected chi connectivity index (χ2v) is 4.83. The summed E-state index contributed by atoms with van der Waals surface area (Å²) in [6.07, 6.45) is 3.16. The number of aromatic nitrogens is 3. The highest BCUT2D eigenvalue weighted by Crippen LogP contribution is 2.19. The maximum atomic E-state index is 13.3. The van der Waals surface area contributed by atoms with Crippen LogP contribution < -0.4 is 11.3 Å². The summed E-state index contributed by atoms with van der Waals surface area (Å²) in [7, 11) is 0. The highest BCUT2D eigenvalue weighted by molar-refractivity contribution is 5.27. The average molecular weight is 277 g/mol. The first-order valence-corrected chi connectivity index (χ1v) is 6.74. The molecule has 1 heterocycles. The molecule has 1 aromatic heterocycles. The predicted molar refractivity (Wildman–Crippen MR) is 75.2 cm³/mol. The van der Waals surface area contributed by atoms with Crippen molar-refractivity contribution in [3.63, 3.8) is 0 Å². The van der Waals surface area contributed by atoms with E-state index in [1.807, 2.05) is 4.68 Å². The number of halogens is 1. The summed E-state index contributed by atoms with van der Waals surface area (Å²) < 4.78 is 15.2. The fraction of sp³-hybridized carbons (Fsp3) is 0.429. The van der Waals surface area contributed by atoms with Gasteiger partial charge in [-0.1, -0.05) is 19.1 Å². The van der Waals surface area contributed by atoms with Crippen molar-refractivity contribution in [2.24, 2.45) is 5.84 Å². The Morgan fingerprint density at radius 1 is 1.45 bits per heavy atom. The van der Waals surface area contributed by atoms with Crippen LogP contribution in [-0.2, 0) is 13.0 Å². The Bertz CT molecular complexity index is 566. The fourth-order valence-electron chi connectivity index (χ4n) is 2.18. The smallest absolute Gasteiger partial charge is 0.138 e. The molecule has 6 heteroatoms. The van der Waals surface area contributed by atoms with Crippen LogP contribution in [0, 0.1) is 12.7 Å². The molecule has 108 valence electrons. The largest absolute Gasteiger partial charge is 0.271 e. The van der Waals surface area contributed by atoms with Crippen LogP contribution in [0.2, 0.25) is 0 Å². The van der Waals surface area contributed by atoms with E-state index in [1.165, 1.54) is 6.07 Å². The topological polar surface area (TPSA) is 68.8 Å². The zero-order chi connectivity index (χ0) is 14.5. The van der Waals surface area contributed by atoms with E-state index in [0.29, 0.717) is 12.0 Å². The lowest BCUT2D eigenvalue weighted by Gasteiger charge is -2.17. The van der Waals surface area contributed by atoms with Gasteiger partial charge in [-0.25, -0.2) is 9.37 Å². The number of benzene rings is 1. The molecule has 0 saturated heterocycles. The first-order chi connectivity index (χ1) is 9.65. The predicted octanol–water partition coefficient (Wildman–Crippen LogP) is 1.88. The summed E-state index contributed by atoms with van der Waals surface area (Å²) in [4.78, 5) is 4.27. The Kier molecular flexibility index (Phi) is 4.81. The standard InChI is InChI=1S/C14H20FN5/c1-3-6-20-14(17-9-18-20)8-13(19-16)11-4-5-12(15)10(2)7-11/h4-5,7,9,13,19H,3,6,8,16H2,1-2H3. The molecule has 20 heavy (non-hydrogen) atoms. The molecule has 0 spiro atoms. The number of nitrogens with zero attached hydrogens (tertiary/aromatic N) is 3. The Hall–Kier alpha value is -1.79. The van der Waals surface area contributed by atoms with Gasteiger partial charge in [0.1, 0.15) is 18.0 Å². The van der Waals surface area contributed by atoms with Crippen molar-refractivity contribution in [2.75, 3.05) is 0 Å². The molecule has 2 aromatic rings. The van der Waals surface area contributed by atoms with Gasteiger partial charge in [-0.3, -0.25) is 16.0 Å². The maximum Gasteiger partial charge on any atom is 0.138 e. The minimum Gasteiger partial charge on any atom is -0.271 e. The second kappa shape index (κ2) is 6.58. The van der Waals surface area contributed by atoms with E-state index in [2.05, 4.69) is 22.4 Å². The number of hydrazine groups is 1. The summed E-state index contributed by atoms with van der Waals surface area (Å²) >= 11 is 0. The third-order valence-corrected chi connectivity index (χ3v) is 3.30. The van der Waals surface area contributed by atoms with E-state index < -0.39 is 0 Å². The average Bonchev–Trinajstić information content (AvgIpc) is 2.87. The van der Waals surface area contributed by atoms with Gasteiger partial charge >= 0.3 is 0 Å². The van der Waals surface area contributed by atoms with Crippen molar-refractivity contribution >= 4 is 0 Å². The van der Waals surface area contributed by atoms with Gasteiger partial charge < -0.3 is 0 Å². The summed E-state index contributed by atoms with van der Waals surface area (Å²) in [6, 6.07) is 4.90. The third kappa shape index (κ3) is 3.20. The van der Waals surface area contributed by atoms with E-state index in [0.717, 1.165) is 24.4 Å². The van der Waals surface area contributed by atoms with Gasteiger partial charge in [0.05, 0.1) is 6.04 Å². The molecule has 0 radical (unpaired) electrons. The van der Waals surface area contributed by atoms with E-state index in [4.69, 9.17) is 5.84 Å². The lowest BCUT2D eigenvalue weighted by Crippen LogP contribution is -2.30. The van der Waals surface area contributed by atoms with Gasteiger partial charge in [0.15, 0.2) is 0 Å². The van der Waals surface area contributed by atoms with Crippen molar-refractivity contribution in [3.05, 3.63) is 47.3 Å². The molecule has 5 nitrogen and oxygen atoms in total.